The molecule has 0 aromatic heterocycles. The summed E-state index contributed by atoms with van der Waals surface area (Å²) in [6.45, 7) is 10.4. The van der Waals surface area contributed by atoms with Crippen molar-refractivity contribution in [2.24, 2.45) is 28.1 Å². The molecule has 0 heterocycles. The standard InChI is InChI=1S/C34H65N11O8/c1-19(2)17-25(35)31(51)40-22(5)30(50)44-27(23(6)47)33(53)43-26(14-10-11-16-45(7,8)9)32(52)41-20(3)28(48)39-21(4)29(49)42-24(18-46)13-12-15-38-34(36)37/h18-27,47H,10-17,35H2,1-9H3,(H9-,36,37,38,39,40,41,42,43,44,48,49,50,51,52,53)/p+1/t20-,21-,22-,23+,24-,25-,26-,27-/m0/s1. The van der Waals surface area contributed by atoms with E-state index < -0.39 is 83.8 Å². The van der Waals surface area contributed by atoms with Gasteiger partial charge in [-0.3, -0.25) is 33.8 Å². The van der Waals surface area contributed by atoms with Gasteiger partial charge in [0.2, 0.25) is 35.4 Å². The molecule has 304 valence electrons. The number of nitrogens with zero attached hydrogens (tertiary/aromatic N) is 2. The highest BCUT2D eigenvalue weighted by Gasteiger charge is 2.33. The number of rotatable bonds is 25. The first-order valence-electron chi connectivity index (χ1n) is 18.1. The molecule has 8 atom stereocenters. The van der Waals surface area contributed by atoms with Gasteiger partial charge in [0.15, 0.2) is 5.96 Å². The lowest BCUT2D eigenvalue weighted by molar-refractivity contribution is -0.870. The van der Waals surface area contributed by atoms with Gasteiger partial charge in [0.05, 0.1) is 45.9 Å². The van der Waals surface area contributed by atoms with Gasteiger partial charge in [-0.2, -0.15) is 0 Å². The predicted octanol–water partition coefficient (Wildman–Crippen LogP) is -3.16. The van der Waals surface area contributed by atoms with Gasteiger partial charge in [-0.1, -0.05) is 13.8 Å². The number of hydrogen-bond donors (Lipinski definition) is 10. The Morgan fingerprint density at radius 2 is 1.19 bits per heavy atom. The maximum atomic E-state index is 13.5. The molecule has 13 N–H and O–H groups in total. The minimum Gasteiger partial charge on any atom is -0.391 e. The lowest BCUT2D eigenvalue weighted by atomic mass is 10.0. The SMILES string of the molecule is CC(C)C[C@H](N)C(=O)N[C@@H](C)C(=O)N[C@H](C(=O)N[C@@H](CCCC[N+](C)(C)C)C(=O)N[C@@H](C)C(=O)N[C@@H](C)C(=O)N[C@H](C=O)CCCN=C(N)N)[C@@H](C)O. The first-order valence-corrected chi connectivity index (χ1v) is 18.1. The smallest absolute Gasteiger partial charge is 0.245 e. The number of aliphatic hydroxyl groups is 1. The molecule has 0 aliphatic heterocycles. The number of guanidine groups is 1. The number of amides is 6. The summed E-state index contributed by atoms with van der Waals surface area (Å²) in [6.07, 6.45) is 1.66. The number of hydrogen-bond acceptors (Lipinski definition) is 10. The van der Waals surface area contributed by atoms with Gasteiger partial charge in [0, 0.05) is 6.54 Å². The molecular weight excluding hydrogens is 690 g/mol. The number of aliphatic hydroxyl groups excluding tert-OH is 1. The van der Waals surface area contributed by atoms with Crippen LogP contribution < -0.4 is 49.1 Å². The quantitative estimate of drug-likeness (QED) is 0.0146. The number of aldehydes is 1. The summed E-state index contributed by atoms with van der Waals surface area (Å²) in [4.78, 5) is 93.2. The number of unbranched alkanes of at least 4 members (excludes halogenated alkanes) is 1. The zero-order valence-electron chi connectivity index (χ0n) is 32.9. The zero-order chi connectivity index (χ0) is 41.1. The highest BCUT2D eigenvalue weighted by Crippen LogP contribution is 2.08. The molecule has 0 aromatic rings. The van der Waals surface area contributed by atoms with Gasteiger partial charge < -0.3 is 63.5 Å². The molecule has 0 fully saturated rings. The van der Waals surface area contributed by atoms with E-state index in [0.29, 0.717) is 36.5 Å². The van der Waals surface area contributed by atoms with E-state index >= 15 is 0 Å². The molecule has 53 heavy (non-hydrogen) atoms. The molecule has 0 aliphatic carbocycles. The summed E-state index contributed by atoms with van der Waals surface area (Å²) in [5.41, 5.74) is 16.5. The van der Waals surface area contributed by atoms with E-state index in [4.69, 9.17) is 17.2 Å². The second-order valence-electron chi connectivity index (χ2n) is 14.9. The third kappa shape index (κ3) is 21.1. The van der Waals surface area contributed by atoms with Gasteiger partial charge in [-0.05, 0) is 72.1 Å². The van der Waals surface area contributed by atoms with Crippen LogP contribution in [0.4, 0.5) is 0 Å². The van der Waals surface area contributed by atoms with Crippen molar-refractivity contribution in [1.29, 1.82) is 0 Å². The van der Waals surface area contributed by atoms with E-state index in [2.05, 4.69) is 36.9 Å². The van der Waals surface area contributed by atoms with E-state index in [9.17, 15) is 38.7 Å². The van der Waals surface area contributed by atoms with Crippen LogP contribution >= 0.6 is 0 Å². The van der Waals surface area contributed by atoms with Crippen LogP contribution in [0.5, 0.6) is 0 Å². The fourth-order valence-corrected chi connectivity index (χ4v) is 4.93. The average Bonchev–Trinajstić information content (AvgIpc) is 3.04. The largest absolute Gasteiger partial charge is 0.391 e. The maximum Gasteiger partial charge on any atom is 0.245 e. The van der Waals surface area contributed by atoms with Crippen LogP contribution in [0.15, 0.2) is 4.99 Å². The van der Waals surface area contributed by atoms with Crippen molar-refractivity contribution >= 4 is 47.7 Å². The van der Waals surface area contributed by atoms with E-state index in [0.717, 1.165) is 6.54 Å². The van der Waals surface area contributed by atoms with Crippen molar-refractivity contribution in [3.63, 3.8) is 0 Å². The first kappa shape index (κ1) is 48.6. The Hall–Kier alpha value is -4.36. The summed E-state index contributed by atoms with van der Waals surface area (Å²) in [6, 6.07) is -7.63. The van der Waals surface area contributed by atoms with Gasteiger partial charge in [0.1, 0.15) is 36.5 Å². The van der Waals surface area contributed by atoms with Gasteiger partial charge in [0.25, 0.3) is 0 Å². The number of nitrogens with two attached hydrogens (primary N) is 3. The van der Waals surface area contributed by atoms with Crippen molar-refractivity contribution in [3.8, 4) is 0 Å². The predicted molar refractivity (Wildman–Crippen MR) is 200 cm³/mol. The van der Waals surface area contributed by atoms with Gasteiger partial charge in [-0.15, -0.1) is 0 Å². The summed E-state index contributed by atoms with van der Waals surface area (Å²) >= 11 is 0. The first-order chi connectivity index (χ1) is 24.5. The molecule has 0 bridgehead atoms. The van der Waals surface area contributed by atoms with Crippen LogP contribution in [0.1, 0.15) is 80.1 Å². The molecule has 19 nitrogen and oxygen atoms in total. The number of aliphatic imine (C=N–C) groups is 1. The van der Waals surface area contributed by atoms with E-state index in [-0.39, 0.29) is 31.3 Å². The lowest BCUT2D eigenvalue weighted by Crippen LogP contribution is -2.60. The minimum absolute atomic E-state index is 0.0906. The fourth-order valence-electron chi connectivity index (χ4n) is 4.93. The highest BCUT2D eigenvalue weighted by molar-refractivity contribution is 5.96. The molecule has 6 amide bonds. The molecule has 0 spiro atoms. The van der Waals surface area contributed by atoms with Crippen LogP contribution in [0.2, 0.25) is 0 Å². The van der Waals surface area contributed by atoms with Crippen molar-refractivity contribution in [2.75, 3.05) is 34.2 Å². The number of quaternary nitrogens is 1. The molecule has 0 unspecified atom stereocenters. The third-order valence-corrected chi connectivity index (χ3v) is 8.05. The topological polar surface area (TPSA) is 302 Å². The van der Waals surface area contributed by atoms with Gasteiger partial charge in [-0.25, -0.2) is 0 Å². The van der Waals surface area contributed by atoms with E-state index in [1.165, 1.54) is 27.7 Å². The monoisotopic (exact) mass is 757 g/mol. The minimum atomic E-state index is -1.49. The summed E-state index contributed by atoms with van der Waals surface area (Å²) in [5, 5.41) is 25.5. The zero-order valence-corrected chi connectivity index (χ0v) is 32.9. The Morgan fingerprint density at radius 3 is 1.68 bits per heavy atom. The summed E-state index contributed by atoms with van der Waals surface area (Å²) in [5.74, 6) is -4.14. The molecule has 0 radical (unpaired) electrons. The Balaban J connectivity index is 5.63. The van der Waals surface area contributed by atoms with Crippen molar-refractivity contribution in [1.82, 2.24) is 31.9 Å². The van der Waals surface area contributed by atoms with E-state index in [1.54, 1.807) is 0 Å². The molecule has 0 saturated heterocycles. The lowest BCUT2D eigenvalue weighted by Gasteiger charge is -2.27. The normalized spacial score (nSPS) is 15.9. The Morgan fingerprint density at radius 1 is 0.679 bits per heavy atom. The number of carbonyl (C=O) groups is 7. The molecule has 0 aromatic carbocycles. The van der Waals surface area contributed by atoms with Crippen LogP contribution in [0, 0.1) is 5.92 Å². The van der Waals surface area contributed by atoms with Crippen molar-refractivity contribution < 1.29 is 43.2 Å². The van der Waals surface area contributed by atoms with Gasteiger partial charge >= 0.3 is 0 Å². The Bertz CT molecular complexity index is 1250. The average molecular weight is 757 g/mol. The molecule has 19 heteroatoms. The highest BCUT2D eigenvalue weighted by atomic mass is 16.3. The number of nitrogens with one attached hydrogen (secondary N) is 6. The van der Waals surface area contributed by atoms with Crippen LogP contribution in [0.25, 0.3) is 0 Å². The Kier molecular flexibility index (Phi) is 22.1. The van der Waals surface area contributed by atoms with Crippen molar-refractivity contribution in [2.45, 2.75) is 128 Å². The van der Waals surface area contributed by atoms with Crippen LogP contribution in [0.3, 0.4) is 0 Å². The van der Waals surface area contributed by atoms with Crippen LogP contribution in [-0.4, -0.2) is 140 Å². The molecule has 0 saturated carbocycles. The fraction of sp³-hybridized carbons (Fsp3) is 0.765. The van der Waals surface area contributed by atoms with E-state index in [1.807, 2.05) is 35.0 Å². The van der Waals surface area contributed by atoms with Crippen molar-refractivity contribution in [3.05, 3.63) is 0 Å². The molecular formula is C34H66N11O8+. The summed E-state index contributed by atoms with van der Waals surface area (Å²) in [7, 11) is 6.04. The molecule has 0 rings (SSSR count). The second-order valence-corrected chi connectivity index (χ2v) is 14.9. The van der Waals surface area contributed by atoms with Crippen LogP contribution in [-0.2, 0) is 33.6 Å². The second kappa shape index (κ2) is 24.1. The molecule has 0 aliphatic rings. The number of carbonyl (C=O) groups excluding carboxylic acids is 7. The summed E-state index contributed by atoms with van der Waals surface area (Å²) < 4.78 is 0.672. The Labute approximate surface area is 313 Å². The third-order valence-electron chi connectivity index (χ3n) is 8.05. The maximum absolute atomic E-state index is 13.5.